The standard InChI is InChI=1S/C11H19N2.2ClH/c1-4-12(5-2)11(3)13-9-7-6-8-10-13;;/h6-11H,4-5H2,1-3H3;2*1H/q+1;;/p-1. The fourth-order valence-corrected chi connectivity index (χ4v) is 1.60. The van der Waals surface area contributed by atoms with Gasteiger partial charge in [0.05, 0.1) is 0 Å². The van der Waals surface area contributed by atoms with E-state index in [-0.39, 0.29) is 24.8 Å². The minimum absolute atomic E-state index is 0. The van der Waals surface area contributed by atoms with Gasteiger partial charge in [-0.3, -0.25) is 0 Å². The second kappa shape index (κ2) is 8.96. The molecule has 1 unspecified atom stereocenters. The average molecular weight is 251 g/mol. The summed E-state index contributed by atoms with van der Waals surface area (Å²) in [6, 6.07) is 6.19. The van der Waals surface area contributed by atoms with Crippen molar-refractivity contribution in [3.8, 4) is 0 Å². The molecule has 4 heteroatoms. The van der Waals surface area contributed by atoms with Crippen molar-refractivity contribution in [1.82, 2.24) is 4.90 Å². The van der Waals surface area contributed by atoms with E-state index >= 15 is 0 Å². The van der Waals surface area contributed by atoms with Gasteiger partial charge >= 0.3 is 0 Å². The maximum atomic E-state index is 2.42. The molecule has 0 aliphatic rings. The molecule has 0 saturated heterocycles. The second-order valence-electron chi connectivity index (χ2n) is 3.18. The van der Waals surface area contributed by atoms with E-state index < -0.39 is 0 Å². The first kappa shape index (κ1) is 17.1. The molecule has 1 heterocycles. The molecule has 0 aliphatic heterocycles. The van der Waals surface area contributed by atoms with Crippen molar-refractivity contribution in [3.05, 3.63) is 30.6 Å². The minimum Gasteiger partial charge on any atom is -1.00 e. The lowest BCUT2D eigenvalue weighted by atomic mass is 10.4. The summed E-state index contributed by atoms with van der Waals surface area (Å²) in [6.45, 7) is 8.82. The first-order valence-corrected chi connectivity index (χ1v) is 4.99. The van der Waals surface area contributed by atoms with E-state index in [1.54, 1.807) is 0 Å². The van der Waals surface area contributed by atoms with Crippen LogP contribution >= 0.6 is 12.4 Å². The van der Waals surface area contributed by atoms with Gasteiger partial charge in [0.2, 0.25) is 6.17 Å². The molecule has 0 saturated carbocycles. The van der Waals surface area contributed by atoms with Gasteiger partial charge in [-0.1, -0.05) is 19.9 Å². The Labute approximate surface area is 105 Å². The quantitative estimate of drug-likeness (QED) is 0.639. The molecular weight excluding hydrogens is 231 g/mol. The van der Waals surface area contributed by atoms with Crippen molar-refractivity contribution >= 4 is 12.4 Å². The van der Waals surface area contributed by atoms with Crippen molar-refractivity contribution in [2.75, 3.05) is 13.1 Å². The fourth-order valence-electron chi connectivity index (χ4n) is 1.60. The Morgan fingerprint density at radius 2 is 1.53 bits per heavy atom. The summed E-state index contributed by atoms with van der Waals surface area (Å²) < 4.78 is 2.23. The molecule has 1 atom stereocenters. The van der Waals surface area contributed by atoms with Crippen molar-refractivity contribution < 1.29 is 17.0 Å². The van der Waals surface area contributed by atoms with E-state index in [1.165, 1.54) is 0 Å². The molecule has 15 heavy (non-hydrogen) atoms. The number of hydrogen-bond acceptors (Lipinski definition) is 1. The molecular formula is C11H20Cl2N2. The summed E-state index contributed by atoms with van der Waals surface area (Å²) in [5.74, 6) is 0. The third-order valence-corrected chi connectivity index (χ3v) is 2.51. The predicted molar refractivity (Wildman–Crippen MR) is 61.5 cm³/mol. The maximum absolute atomic E-state index is 2.42. The Kier molecular flexibility index (Phi) is 10.2. The average Bonchev–Trinajstić information content (AvgIpc) is 2.21. The van der Waals surface area contributed by atoms with Gasteiger partial charge in [0.15, 0.2) is 12.4 Å². The van der Waals surface area contributed by atoms with E-state index in [0.29, 0.717) is 6.17 Å². The van der Waals surface area contributed by atoms with E-state index in [0.717, 1.165) is 13.1 Å². The Morgan fingerprint density at radius 3 is 1.93 bits per heavy atom. The zero-order valence-corrected chi connectivity index (χ0v) is 11.1. The highest BCUT2D eigenvalue weighted by Crippen LogP contribution is 2.02. The molecule has 1 aromatic rings. The third-order valence-electron chi connectivity index (χ3n) is 2.51. The minimum atomic E-state index is 0. The number of hydrogen-bond donors (Lipinski definition) is 0. The molecule has 1 rings (SSSR count). The predicted octanol–water partition coefficient (Wildman–Crippen LogP) is -0.740. The largest absolute Gasteiger partial charge is 1.00 e. The van der Waals surface area contributed by atoms with Crippen LogP contribution < -0.4 is 17.0 Å². The van der Waals surface area contributed by atoms with E-state index in [2.05, 4.69) is 54.8 Å². The molecule has 0 N–H and O–H groups in total. The second-order valence-corrected chi connectivity index (χ2v) is 3.18. The first-order valence-electron chi connectivity index (χ1n) is 4.99. The Hall–Kier alpha value is -0.310. The lowest BCUT2D eigenvalue weighted by molar-refractivity contribution is -0.740. The highest BCUT2D eigenvalue weighted by Gasteiger charge is 2.17. The highest BCUT2D eigenvalue weighted by atomic mass is 35.5. The molecule has 0 radical (unpaired) electrons. The van der Waals surface area contributed by atoms with Crippen LogP contribution in [0.25, 0.3) is 0 Å². The first-order chi connectivity index (χ1) is 6.29. The number of halogens is 2. The van der Waals surface area contributed by atoms with Gasteiger partial charge in [0, 0.05) is 32.1 Å². The summed E-state index contributed by atoms with van der Waals surface area (Å²) >= 11 is 0. The molecule has 0 amide bonds. The molecule has 0 bridgehead atoms. The smallest absolute Gasteiger partial charge is 0.211 e. The number of nitrogens with zero attached hydrogens (tertiary/aromatic N) is 2. The van der Waals surface area contributed by atoms with E-state index in [1.807, 2.05) is 6.07 Å². The summed E-state index contributed by atoms with van der Waals surface area (Å²) in [4.78, 5) is 2.42. The van der Waals surface area contributed by atoms with Crippen LogP contribution in [0.4, 0.5) is 0 Å². The van der Waals surface area contributed by atoms with Crippen molar-refractivity contribution in [2.45, 2.75) is 26.9 Å². The van der Waals surface area contributed by atoms with Crippen LogP contribution in [0, 0.1) is 0 Å². The number of rotatable bonds is 4. The summed E-state index contributed by atoms with van der Waals surface area (Å²) in [5, 5.41) is 0. The van der Waals surface area contributed by atoms with Gasteiger partial charge < -0.3 is 12.4 Å². The molecule has 1 aromatic heterocycles. The fraction of sp³-hybridized carbons (Fsp3) is 0.545. The van der Waals surface area contributed by atoms with Crippen LogP contribution in [0.15, 0.2) is 30.6 Å². The highest BCUT2D eigenvalue weighted by molar-refractivity contribution is 5.85. The SMILES string of the molecule is CCN(CC)C(C)[n+]1ccccc1.Cl.[Cl-]. The lowest BCUT2D eigenvalue weighted by Crippen LogP contribution is -3.00. The number of aromatic nitrogens is 1. The van der Waals surface area contributed by atoms with Gasteiger partial charge in [0.25, 0.3) is 0 Å². The number of pyridine rings is 1. The van der Waals surface area contributed by atoms with Crippen LogP contribution in [0.1, 0.15) is 26.9 Å². The molecule has 2 nitrogen and oxygen atoms in total. The van der Waals surface area contributed by atoms with Gasteiger partial charge in [-0.2, -0.15) is 4.57 Å². The summed E-state index contributed by atoms with van der Waals surface area (Å²) in [7, 11) is 0. The van der Waals surface area contributed by atoms with Gasteiger partial charge in [0.1, 0.15) is 0 Å². The van der Waals surface area contributed by atoms with E-state index in [9.17, 15) is 0 Å². The van der Waals surface area contributed by atoms with Gasteiger partial charge in [-0.25, -0.2) is 4.90 Å². The van der Waals surface area contributed by atoms with Crippen molar-refractivity contribution in [1.29, 1.82) is 0 Å². The monoisotopic (exact) mass is 250 g/mol. The zero-order valence-electron chi connectivity index (χ0n) is 9.56. The summed E-state index contributed by atoms with van der Waals surface area (Å²) in [6.07, 6.45) is 4.68. The van der Waals surface area contributed by atoms with Crippen LogP contribution in [0.2, 0.25) is 0 Å². The topological polar surface area (TPSA) is 7.12 Å². The maximum Gasteiger partial charge on any atom is 0.211 e. The molecule has 0 aliphatic carbocycles. The Bertz CT molecular complexity index is 238. The van der Waals surface area contributed by atoms with Crippen molar-refractivity contribution in [2.24, 2.45) is 0 Å². The lowest BCUT2D eigenvalue weighted by Gasteiger charge is -2.21. The Balaban J connectivity index is 0. The van der Waals surface area contributed by atoms with Crippen LogP contribution in [-0.2, 0) is 0 Å². The molecule has 0 aromatic carbocycles. The molecule has 0 fully saturated rings. The van der Waals surface area contributed by atoms with Gasteiger partial charge in [-0.05, 0) is 0 Å². The molecule has 0 spiro atoms. The summed E-state index contributed by atoms with van der Waals surface area (Å²) in [5.41, 5.74) is 0. The van der Waals surface area contributed by atoms with Crippen molar-refractivity contribution in [3.63, 3.8) is 0 Å². The van der Waals surface area contributed by atoms with Gasteiger partial charge in [-0.15, -0.1) is 12.4 Å². The normalized spacial score (nSPS) is 11.5. The van der Waals surface area contributed by atoms with Crippen LogP contribution in [0.5, 0.6) is 0 Å². The van der Waals surface area contributed by atoms with E-state index in [4.69, 9.17) is 0 Å². The third kappa shape index (κ3) is 4.83. The Morgan fingerprint density at radius 1 is 1.07 bits per heavy atom. The van der Waals surface area contributed by atoms with Crippen LogP contribution in [0.3, 0.4) is 0 Å². The van der Waals surface area contributed by atoms with Crippen LogP contribution in [-0.4, -0.2) is 18.0 Å². The molecule has 88 valence electrons. The zero-order chi connectivity index (χ0) is 9.68.